The number of hydrogen-bond donors (Lipinski definition) is 3. The lowest BCUT2D eigenvalue weighted by Crippen LogP contribution is -2.36. The van der Waals surface area contributed by atoms with Crippen molar-refractivity contribution >= 4 is 17.3 Å². The maximum Gasteiger partial charge on any atom is 0.121 e. The summed E-state index contributed by atoms with van der Waals surface area (Å²) < 4.78 is 5.37. The van der Waals surface area contributed by atoms with E-state index in [1.807, 2.05) is 0 Å². The number of nitrogens with two attached hydrogens (primary N) is 2. The molecule has 112 valence electrons. The highest BCUT2D eigenvalue weighted by atomic mass is 35.5. The van der Waals surface area contributed by atoms with Gasteiger partial charge in [-0.2, -0.15) is 0 Å². The highest BCUT2D eigenvalue weighted by molar-refractivity contribution is 6.30. The van der Waals surface area contributed by atoms with E-state index in [9.17, 15) is 0 Å². The van der Waals surface area contributed by atoms with Gasteiger partial charge in [0.2, 0.25) is 0 Å². The van der Waals surface area contributed by atoms with Crippen molar-refractivity contribution in [3.05, 3.63) is 52.5 Å². The molecular weight excluding hydrogens is 288 g/mol. The van der Waals surface area contributed by atoms with Crippen LogP contribution < -0.4 is 21.7 Å². The SMILES string of the molecule is NC1=C(N)NC(c2ccc(N3CCOCC3)cc2)C(Cl)=C1. The molecular formula is C15H19ClN4O. The minimum atomic E-state index is -0.141. The first-order chi connectivity index (χ1) is 10.1. The van der Waals surface area contributed by atoms with Crippen molar-refractivity contribution < 1.29 is 4.74 Å². The molecule has 0 aromatic heterocycles. The van der Waals surface area contributed by atoms with Gasteiger partial charge in [-0.05, 0) is 23.8 Å². The maximum absolute atomic E-state index is 6.27. The molecule has 1 atom stereocenters. The predicted molar refractivity (Wildman–Crippen MR) is 84.7 cm³/mol. The average molecular weight is 307 g/mol. The first kappa shape index (κ1) is 14.1. The van der Waals surface area contributed by atoms with E-state index in [4.69, 9.17) is 27.8 Å². The van der Waals surface area contributed by atoms with E-state index >= 15 is 0 Å². The molecule has 5 nitrogen and oxygen atoms in total. The van der Waals surface area contributed by atoms with Gasteiger partial charge in [-0.1, -0.05) is 23.7 Å². The molecule has 1 saturated heterocycles. The highest BCUT2D eigenvalue weighted by Crippen LogP contribution is 2.30. The van der Waals surface area contributed by atoms with Gasteiger partial charge in [-0.15, -0.1) is 0 Å². The van der Waals surface area contributed by atoms with Crippen LogP contribution in [0.5, 0.6) is 0 Å². The molecule has 2 aliphatic heterocycles. The summed E-state index contributed by atoms with van der Waals surface area (Å²) in [6.07, 6.45) is 1.70. The van der Waals surface area contributed by atoms with E-state index in [2.05, 4.69) is 34.5 Å². The van der Waals surface area contributed by atoms with Crippen molar-refractivity contribution in [1.29, 1.82) is 0 Å². The van der Waals surface area contributed by atoms with Crippen LogP contribution in [0.3, 0.4) is 0 Å². The van der Waals surface area contributed by atoms with Crippen LogP contribution in [0.25, 0.3) is 0 Å². The minimum absolute atomic E-state index is 0.141. The van der Waals surface area contributed by atoms with Gasteiger partial charge in [0.25, 0.3) is 0 Å². The highest BCUT2D eigenvalue weighted by Gasteiger charge is 2.21. The Labute approximate surface area is 129 Å². The number of hydrogen-bond acceptors (Lipinski definition) is 5. The van der Waals surface area contributed by atoms with Gasteiger partial charge in [0, 0.05) is 23.8 Å². The molecule has 0 bridgehead atoms. The summed E-state index contributed by atoms with van der Waals surface area (Å²) in [5, 5.41) is 3.77. The summed E-state index contributed by atoms with van der Waals surface area (Å²) in [4.78, 5) is 2.31. The zero-order chi connectivity index (χ0) is 14.8. The lowest BCUT2D eigenvalue weighted by molar-refractivity contribution is 0.122. The van der Waals surface area contributed by atoms with Gasteiger partial charge in [0.1, 0.15) is 5.82 Å². The normalized spacial score (nSPS) is 22.8. The molecule has 0 radical (unpaired) electrons. The first-order valence-corrected chi connectivity index (χ1v) is 7.34. The third-order valence-electron chi connectivity index (χ3n) is 3.78. The number of anilines is 1. The summed E-state index contributed by atoms with van der Waals surface area (Å²) in [6, 6.07) is 8.19. The van der Waals surface area contributed by atoms with Crippen molar-refractivity contribution in [1.82, 2.24) is 5.32 Å². The van der Waals surface area contributed by atoms with Crippen LogP contribution in [0.15, 0.2) is 46.9 Å². The third-order valence-corrected chi connectivity index (χ3v) is 4.11. The summed E-state index contributed by atoms with van der Waals surface area (Å²) in [5.74, 6) is 0.460. The van der Waals surface area contributed by atoms with Crippen LogP contribution in [0.4, 0.5) is 5.69 Å². The number of halogens is 1. The molecule has 1 unspecified atom stereocenters. The van der Waals surface area contributed by atoms with Gasteiger partial charge in [-0.25, -0.2) is 0 Å². The lowest BCUT2D eigenvalue weighted by Gasteiger charge is -2.29. The summed E-state index contributed by atoms with van der Waals surface area (Å²) in [6.45, 7) is 3.41. The predicted octanol–water partition coefficient (Wildman–Crippen LogP) is 1.38. The zero-order valence-electron chi connectivity index (χ0n) is 11.7. The first-order valence-electron chi connectivity index (χ1n) is 6.96. The fourth-order valence-corrected chi connectivity index (χ4v) is 2.86. The standard InChI is InChI=1S/C15H19ClN4O/c16-12-9-13(17)15(18)19-14(12)10-1-3-11(4-2-10)20-5-7-21-8-6-20/h1-4,9,14,19H,5-8,17-18H2. The molecule has 2 aliphatic rings. The number of nitrogens with zero attached hydrogens (tertiary/aromatic N) is 1. The van der Waals surface area contributed by atoms with Gasteiger partial charge >= 0.3 is 0 Å². The molecule has 0 spiro atoms. The largest absolute Gasteiger partial charge is 0.396 e. The van der Waals surface area contributed by atoms with E-state index in [0.29, 0.717) is 16.6 Å². The van der Waals surface area contributed by atoms with Crippen LogP contribution in [0.2, 0.25) is 0 Å². The number of allylic oxidation sites excluding steroid dienone is 1. The fourth-order valence-electron chi connectivity index (χ4n) is 2.56. The van der Waals surface area contributed by atoms with E-state index in [1.165, 1.54) is 5.69 Å². The van der Waals surface area contributed by atoms with Gasteiger partial charge < -0.3 is 26.4 Å². The Balaban J connectivity index is 1.77. The Morgan fingerprint density at radius 2 is 1.81 bits per heavy atom. The molecule has 3 rings (SSSR count). The second kappa shape index (κ2) is 5.87. The Hall–Kier alpha value is -1.85. The van der Waals surface area contributed by atoms with Crippen LogP contribution in [-0.4, -0.2) is 26.3 Å². The van der Waals surface area contributed by atoms with Gasteiger partial charge in [0.15, 0.2) is 0 Å². The summed E-state index contributed by atoms with van der Waals surface area (Å²) >= 11 is 6.27. The smallest absolute Gasteiger partial charge is 0.121 e. The Bertz CT molecular complexity index is 576. The number of benzene rings is 1. The average Bonchev–Trinajstić information content (AvgIpc) is 2.52. The topological polar surface area (TPSA) is 76.5 Å². The third kappa shape index (κ3) is 2.94. The van der Waals surface area contributed by atoms with Crippen molar-refractivity contribution in [2.24, 2.45) is 11.5 Å². The van der Waals surface area contributed by atoms with Gasteiger partial charge in [0.05, 0.1) is 25.0 Å². The summed E-state index contributed by atoms with van der Waals surface area (Å²) in [5.41, 5.74) is 14.3. The molecule has 0 aliphatic carbocycles. The monoisotopic (exact) mass is 306 g/mol. The Kier molecular flexibility index (Phi) is 3.94. The quantitative estimate of drug-likeness (QED) is 0.769. The second-order valence-corrected chi connectivity index (χ2v) is 5.60. The molecule has 6 heteroatoms. The van der Waals surface area contributed by atoms with Crippen LogP contribution in [0, 0.1) is 0 Å². The zero-order valence-corrected chi connectivity index (χ0v) is 12.4. The number of dihydropyridines is 1. The summed E-state index contributed by atoms with van der Waals surface area (Å²) in [7, 11) is 0. The van der Waals surface area contributed by atoms with Crippen LogP contribution in [0.1, 0.15) is 11.6 Å². The molecule has 0 amide bonds. The van der Waals surface area contributed by atoms with Crippen molar-refractivity contribution in [3.8, 4) is 0 Å². The second-order valence-electron chi connectivity index (χ2n) is 5.17. The molecule has 0 saturated carbocycles. The molecule has 1 aromatic carbocycles. The van der Waals surface area contributed by atoms with E-state index in [1.54, 1.807) is 6.08 Å². The van der Waals surface area contributed by atoms with E-state index in [-0.39, 0.29) is 6.04 Å². The van der Waals surface area contributed by atoms with Crippen LogP contribution >= 0.6 is 11.6 Å². The number of nitrogens with one attached hydrogen (secondary N) is 1. The van der Waals surface area contributed by atoms with Crippen molar-refractivity contribution in [2.75, 3.05) is 31.2 Å². The lowest BCUT2D eigenvalue weighted by atomic mass is 10.0. The maximum atomic E-state index is 6.27. The van der Waals surface area contributed by atoms with Crippen molar-refractivity contribution in [2.45, 2.75) is 6.04 Å². The van der Waals surface area contributed by atoms with Crippen LogP contribution in [-0.2, 0) is 4.74 Å². The molecule has 21 heavy (non-hydrogen) atoms. The molecule has 1 fully saturated rings. The van der Waals surface area contributed by atoms with Gasteiger partial charge in [-0.3, -0.25) is 0 Å². The molecule has 1 aromatic rings. The fraction of sp³-hybridized carbons (Fsp3) is 0.333. The van der Waals surface area contributed by atoms with Crippen molar-refractivity contribution in [3.63, 3.8) is 0 Å². The van der Waals surface area contributed by atoms with E-state index in [0.717, 1.165) is 31.9 Å². The Morgan fingerprint density at radius 1 is 1.14 bits per heavy atom. The van der Waals surface area contributed by atoms with E-state index < -0.39 is 0 Å². The minimum Gasteiger partial charge on any atom is -0.396 e. The number of rotatable bonds is 2. The number of ether oxygens (including phenoxy) is 1. The molecule has 5 N–H and O–H groups in total. The molecule has 2 heterocycles. The Morgan fingerprint density at radius 3 is 2.48 bits per heavy atom. The number of morpholine rings is 1.